The zero-order valence-corrected chi connectivity index (χ0v) is 16.3. The molecular formula is C21H15FN6OS. The molecule has 4 rings (SSSR count). The molecular weight excluding hydrogens is 403 g/mol. The van der Waals surface area contributed by atoms with Crippen LogP contribution in [0.15, 0.2) is 88.0 Å². The molecule has 2 aromatic carbocycles. The van der Waals surface area contributed by atoms with Crippen LogP contribution in [-0.4, -0.2) is 15.0 Å². The fraction of sp³-hybridized carbons (Fsp3) is 0. The average molecular weight is 418 g/mol. The Balaban J connectivity index is 1.57. The number of nitrogens with zero attached hydrogens (tertiary/aromatic N) is 4. The van der Waals surface area contributed by atoms with Gasteiger partial charge in [-0.15, -0.1) is 4.91 Å². The molecule has 0 saturated heterocycles. The third kappa shape index (κ3) is 4.58. The SMILES string of the molecule is Nc1nc(Nc2ccc(Sc3ccncc3)c(F)c2)cc(-c2cccc(N=O)c2)n1. The Hall–Kier alpha value is -3.85. The van der Waals surface area contributed by atoms with Gasteiger partial charge in [0.15, 0.2) is 0 Å². The fourth-order valence-electron chi connectivity index (χ4n) is 2.74. The molecule has 3 N–H and O–H groups in total. The fourth-order valence-corrected chi connectivity index (χ4v) is 3.55. The van der Waals surface area contributed by atoms with Gasteiger partial charge < -0.3 is 11.1 Å². The quantitative estimate of drug-likeness (QED) is 0.395. The number of hydrogen-bond acceptors (Lipinski definition) is 8. The number of nitrogens with two attached hydrogens (primary N) is 1. The number of nitroso groups, excluding NO2 is 1. The first-order chi connectivity index (χ1) is 14.6. The first kappa shape index (κ1) is 19.5. The minimum Gasteiger partial charge on any atom is -0.368 e. The molecule has 2 heterocycles. The third-order valence-electron chi connectivity index (χ3n) is 4.07. The first-order valence-electron chi connectivity index (χ1n) is 8.83. The lowest BCUT2D eigenvalue weighted by Crippen LogP contribution is -2.01. The van der Waals surface area contributed by atoms with E-state index >= 15 is 0 Å². The first-order valence-corrected chi connectivity index (χ1v) is 9.65. The largest absolute Gasteiger partial charge is 0.368 e. The third-order valence-corrected chi connectivity index (χ3v) is 5.13. The van der Waals surface area contributed by atoms with Crippen molar-refractivity contribution in [1.82, 2.24) is 15.0 Å². The van der Waals surface area contributed by atoms with Gasteiger partial charge in [-0.2, -0.15) is 4.98 Å². The highest BCUT2D eigenvalue weighted by atomic mass is 32.2. The van der Waals surface area contributed by atoms with E-state index in [-0.39, 0.29) is 17.5 Å². The minimum atomic E-state index is -0.367. The summed E-state index contributed by atoms with van der Waals surface area (Å²) in [6.45, 7) is 0. The molecule has 0 fully saturated rings. The van der Waals surface area contributed by atoms with Gasteiger partial charge in [-0.3, -0.25) is 4.98 Å². The maximum Gasteiger partial charge on any atom is 0.222 e. The van der Waals surface area contributed by atoms with Crippen LogP contribution in [0.4, 0.5) is 27.5 Å². The number of pyridine rings is 1. The van der Waals surface area contributed by atoms with Gasteiger partial charge >= 0.3 is 0 Å². The molecule has 0 unspecified atom stereocenters. The van der Waals surface area contributed by atoms with Crippen LogP contribution in [0.5, 0.6) is 0 Å². The van der Waals surface area contributed by atoms with E-state index in [2.05, 4.69) is 25.4 Å². The summed E-state index contributed by atoms with van der Waals surface area (Å²) < 4.78 is 14.6. The summed E-state index contributed by atoms with van der Waals surface area (Å²) in [5.74, 6) is 0.0783. The molecule has 0 bridgehead atoms. The molecule has 0 radical (unpaired) electrons. The van der Waals surface area contributed by atoms with Crippen molar-refractivity contribution in [2.75, 3.05) is 11.1 Å². The maximum absolute atomic E-state index is 14.6. The lowest BCUT2D eigenvalue weighted by molar-refractivity contribution is 0.602. The molecule has 0 saturated carbocycles. The van der Waals surface area contributed by atoms with E-state index in [1.165, 1.54) is 17.8 Å². The smallest absolute Gasteiger partial charge is 0.222 e. The predicted octanol–water partition coefficient (Wildman–Crippen LogP) is 5.55. The molecule has 2 aromatic heterocycles. The lowest BCUT2D eigenvalue weighted by atomic mass is 10.1. The van der Waals surface area contributed by atoms with E-state index in [0.717, 1.165) is 4.90 Å². The second-order valence-corrected chi connectivity index (χ2v) is 7.31. The van der Waals surface area contributed by atoms with Crippen LogP contribution in [0.25, 0.3) is 11.3 Å². The van der Waals surface area contributed by atoms with Gasteiger partial charge in [0.1, 0.15) is 17.3 Å². The molecule has 30 heavy (non-hydrogen) atoms. The number of aromatic nitrogens is 3. The standard InChI is InChI=1S/C21H15FN6OS/c22-17-11-14(4-5-19(17)30-16-6-8-24-9-7-16)25-20-12-18(26-21(23)27-20)13-2-1-3-15(10-13)28-29/h1-12H,(H3,23,25,26,27). The molecule has 0 aliphatic carbocycles. The summed E-state index contributed by atoms with van der Waals surface area (Å²) in [5, 5.41) is 5.97. The lowest BCUT2D eigenvalue weighted by Gasteiger charge is -2.10. The molecule has 9 heteroatoms. The summed E-state index contributed by atoms with van der Waals surface area (Å²) in [6.07, 6.45) is 3.32. The summed E-state index contributed by atoms with van der Waals surface area (Å²) >= 11 is 1.31. The number of benzene rings is 2. The van der Waals surface area contributed by atoms with E-state index in [4.69, 9.17) is 5.73 Å². The Morgan fingerprint density at radius 3 is 2.60 bits per heavy atom. The van der Waals surface area contributed by atoms with E-state index in [9.17, 15) is 9.30 Å². The van der Waals surface area contributed by atoms with Crippen LogP contribution in [0.3, 0.4) is 0 Å². The van der Waals surface area contributed by atoms with Gasteiger partial charge in [0.05, 0.1) is 5.69 Å². The van der Waals surface area contributed by atoms with Crippen LogP contribution in [0.1, 0.15) is 0 Å². The Kier molecular flexibility index (Phi) is 5.62. The topological polar surface area (TPSA) is 106 Å². The van der Waals surface area contributed by atoms with E-state index < -0.39 is 0 Å². The van der Waals surface area contributed by atoms with Gasteiger partial charge in [0, 0.05) is 39.5 Å². The van der Waals surface area contributed by atoms with Crippen LogP contribution < -0.4 is 11.1 Å². The van der Waals surface area contributed by atoms with Gasteiger partial charge in [-0.05, 0) is 47.6 Å². The van der Waals surface area contributed by atoms with Crippen molar-refractivity contribution < 1.29 is 4.39 Å². The highest BCUT2D eigenvalue weighted by Gasteiger charge is 2.09. The van der Waals surface area contributed by atoms with Gasteiger partial charge in [-0.25, -0.2) is 9.37 Å². The molecule has 0 atom stereocenters. The van der Waals surface area contributed by atoms with Crippen LogP contribution in [0, 0.1) is 10.7 Å². The van der Waals surface area contributed by atoms with Crippen molar-refractivity contribution in [1.29, 1.82) is 0 Å². The highest BCUT2D eigenvalue weighted by Crippen LogP contribution is 2.32. The van der Waals surface area contributed by atoms with Gasteiger partial charge in [0.2, 0.25) is 5.95 Å². The number of rotatable bonds is 6. The van der Waals surface area contributed by atoms with Crippen molar-refractivity contribution in [2.45, 2.75) is 9.79 Å². The van der Waals surface area contributed by atoms with Crippen molar-refractivity contribution in [3.05, 3.63) is 83.8 Å². The molecule has 148 valence electrons. The predicted molar refractivity (Wildman–Crippen MR) is 115 cm³/mol. The van der Waals surface area contributed by atoms with Crippen molar-refractivity contribution in [2.24, 2.45) is 5.18 Å². The summed E-state index contributed by atoms with van der Waals surface area (Å²) in [7, 11) is 0. The maximum atomic E-state index is 14.6. The van der Waals surface area contributed by atoms with Gasteiger partial charge in [-0.1, -0.05) is 23.9 Å². The van der Waals surface area contributed by atoms with Gasteiger partial charge in [0.25, 0.3) is 0 Å². The molecule has 0 aliphatic heterocycles. The minimum absolute atomic E-state index is 0.0461. The van der Waals surface area contributed by atoms with E-state index in [1.54, 1.807) is 54.9 Å². The number of halogens is 1. The molecule has 7 nitrogen and oxygen atoms in total. The Morgan fingerprint density at radius 1 is 1.00 bits per heavy atom. The second-order valence-electron chi connectivity index (χ2n) is 6.19. The van der Waals surface area contributed by atoms with E-state index in [0.29, 0.717) is 27.7 Å². The monoisotopic (exact) mass is 418 g/mol. The zero-order valence-electron chi connectivity index (χ0n) is 15.5. The van der Waals surface area contributed by atoms with E-state index in [1.807, 2.05) is 12.1 Å². The van der Waals surface area contributed by atoms with Crippen LogP contribution in [0.2, 0.25) is 0 Å². The Labute approximate surface area is 175 Å². The summed E-state index contributed by atoms with van der Waals surface area (Å²) in [5.41, 5.74) is 7.81. The number of nitrogens with one attached hydrogen (secondary N) is 1. The van der Waals surface area contributed by atoms with Crippen molar-refractivity contribution in [3.8, 4) is 11.3 Å². The molecule has 4 aromatic rings. The van der Waals surface area contributed by atoms with Crippen molar-refractivity contribution >= 4 is 34.9 Å². The Bertz CT molecular complexity index is 1210. The Morgan fingerprint density at radius 2 is 1.83 bits per heavy atom. The zero-order chi connectivity index (χ0) is 20.9. The van der Waals surface area contributed by atoms with Crippen molar-refractivity contribution in [3.63, 3.8) is 0 Å². The van der Waals surface area contributed by atoms with Crippen LogP contribution >= 0.6 is 11.8 Å². The number of nitrogen functional groups attached to an aromatic ring is 1. The second kappa shape index (κ2) is 8.66. The molecule has 0 spiro atoms. The van der Waals surface area contributed by atoms with Crippen LogP contribution in [-0.2, 0) is 0 Å². The molecule has 0 aliphatic rings. The summed E-state index contributed by atoms with van der Waals surface area (Å²) in [6, 6.07) is 16.8. The normalized spacial score (nSPS) is 10.6. The summed E-state index contributed by atoms with van der Waals surface area (Å²) in [4.78, 5) is 24.5. The highest BCUT2D eigenvalue weighted by molar-refractivity contribution is 7.99. The molecule has 0 amide bonds. The number of anilines is 3. The number of hydrogen-bond donors (Lipinski definition) is 2. The average Bonchev–Trinajstić information content (AvgIpc) is 2.76.